The molecule has 2 bridgehead atoms. The van der Waals surface area contributed by atoms with Crippen LogP contribution in [0.4, 0.5) is 4.39 Å². The molecule has 2 aromatic carbocycles. The number of amides is 4. The largest absolute Gasteiger partial charge is 0.358 e. The van der Waals surface area contributed by atoms with Crippen LogP contribution in [0.5, 0.6) is 0 Å². The Morgan fingerprint density at radius 3 is 2.46 bits per heavy atom. The summed E-state index contributed by atoms with van der Waals surface area (Å²) >= 11 is 0. The van der Waals surface area contributed by atoms with Gasteiger partial charge in [-0.3, -0.25) is 23.7 Å². The van der Waals surface area contributed by atoms with Crippen molar-refractivity contribution in [2.75, 3.05) is 26.2 Å². The Bertz CT molecular complexity index is 1880. The van der Waals surface area contributed by atoms with Gasteiger partial charge >= 0.3 is 5.69 Å². The molecule has 5 rings (SSSR count). The van der Waals surface area contributed by atoms with Gasteiger partial charge in [0.05, 0.1) is 17.5 Å². The van der Waals surface area contributed by atoms with Gasteiger partial charge < -0.3 is 30.8 Å². The van der Waals surface area contributed by atoms with Gasteiger partial charge in [0.25, 0.3) is 5.91 Å². The fourth-order valence-electron chi connectivity index (χ4n) is 6.23. The molecule has 0 spiro atoms. The summed E-state index contributed by atoms with van der Waals surface area (Å²) in [5.74, 6) is -1.57. The second-order valence-electron chi connectivity index (χ2n) is 12.6. The van der Waals surface area contributed by atoms with E-state index in [1.807, 2.05) is 20.8 Å². The van der Waals surface area contributed by atoms with Crippen LogP contribution in [-0.2, 0) is 27.3 Å². The van der Waals surface area contributed by atoms with Crippen LogP contribution >= 0.6 is 0 Å². The molecule has 4 aromatic rings. The third-order valence-corrected chi connectivity index (χ3v) is 9.19. The lowest BCUT2D eigenvalue weighted by molar-refractivity contribution is -0.131. The van der Waals surface area contributed by atoms with Crippen LogP contribution in [0.15, 0.2) is 41.2 Å². The lowest BCUT2D eigenvalue weighted by atomic mass is 9.98. The van der Waals surface area contributed by atoms with Gasteiger partial charge in [0.1, 0.15) is 11.9 Å². The monoisotopic (exact) mass is 661 g/mol. The number of hydrogen-bond donors (Lipinski definition) is 5. The van der Waals surface area contributed by atoms with Gasteiger partial charge in [-0.2, -0.15) is 0 Å². The summed E-state index contributed by atoms with van der Waals surface area (Å²) in [6, 6.07) is 8.71. The van der Waals surface area contributed by atoms with E-state index >= 15 is 0 Å². The number of benzene rings is 2. The van der Waals surface area contributed by atoms with Crippen molar-refractivity contribution in [2.24, 2.45) is 5.92 Å². The summed E-state index contributed by atoms with van der Waals surface area (Å²) in [7, 11) is 0. The number of fused-ring (bicyclic) bond motifs is 2. The van der Waals surface area contributed by atoms with Gasteiger partial charge in [-0.05, 0) is 74.1 Å². The number of H-pyrrole nitrogens is 2. The number of carbonyl (C=O) groups is 4. The molecule has 0 unspecified atom stereocenters. The van der Waals surface area contributed by atoms with Crippen LogP contribution < -0.4 is 21.6 Å². The Morgan fingerprint density at radius 1 is 0.938 bits per heavy atom. The minimum absolute atomic E-state index is 0.0441. The normalized spacial score (nSPS) is 18.3. The maximum Gasteiger partial charge on any atom is 0.326 e. The second kappa shape index (κ2) is 15.3. The Morgan fingerprint density at radius 2 is 1.67 bits per heavy atom. The van der Waals surface area contributed by atoms with Crippen molar-refractivity contribution < 1.29 is 23.6 Å². The van der Waals surface area contributed by atoms with Crippen LogP contribution in [0.1, 0.15) is 67.6 Å². The number of imidazole rings is 1. The highest BCUT2D eigenvalue weighted by Gasteiger charge is 2.26. The van der Waals surface area contributed by atoms with Crippen molar-refractivity contribution in [3.63, 3.8) is 0 Å². The molecular formula is C35H44FN7O5. The molecule has 4 amide bonds. The molecule has 0 saturated heterocycles. The van der Waals surface area contributed by atoms with E-state index in [4.69, 9.17) is 0 Å². The summed E-state index contributed by atoms with van der Waals surface area (Å²) in [6.45, 7) is 7.23. The van der Waals surface area contributed by atoms with Crippen LogP contribution in [0, 0.1) is 18.7 Å². The molecule has 0 radical (unpaired) electrons. The zero-order valence-electron chi connectivity index (χ0n) is 27.7. The number of rotatable bonds is 4. The van der Waals surface area contributed by atoms with E-state index in [1.54, 1.807) is 33.7 Å². The van der Waals surface area contributed by atoms with E-state index in [0.29, 0.717) is 79.4 Å². The molecule has 13 heteroatoms. The average molecular weight is 662 g/mol. The van der Waals surface area contributed by atoms with E-state index in [1.165, 1.54) is 12.1 Å². The maximum atomic E-state index is 14.1. The van der Waals surface area contributed by atoms with Crippen molar-refractivity contribution in [1.82, 2.24) is 35.4 Å². The first kappa shape index (κ1) is 34.4. The van der Waals surface area contributed by atoms with Gasteiger partial charge in [-0.15, -0.1) is 0 Å². The average Bonchev–Trinajstić information content (AvgIpc) is 3.55. The highest BCUT2D eigenvalue weighted by molar-refractivity contribution is 5.97. The molecule has 5 N–H and O–H groups in total. The number of hydrogen-bond acceptors (Lipinski definition) is 5. The molecule has 1 aliphatic heterocycles. The number of carbonyl (C=O) groups excluding carboxylic acids is 4. The molecule has 0 saturated carbocycles. The number of nitrogens with one attached hydrogen (secondary N) is 5. The summed E-state index contributed by atoms with van der Waals surface area (Å²) in [5, 5.41) is 9.34. The van der Waals surface area contributed by atoms with Crippen LogP contribution in [-0.4, -0.2) is 75.3 Å². The van der Waals surface area contributed by atoms with Crippen molar-refractivity contribution in [3.05, 3.63) is 69.5 Å². The van der Waals surface area contributed by atoms with Gasteiger partial charge in [0, 0.05) is 61.3 Å². The van der Waals surface area contributed by atoms with Gasteiger partial charge in [0.2, 0.25) is 17.7 Å². The molecule has 1 aliphatic rings. The Balaban J connectivity index is 1.36. The molecule has 12 nitrogen and oxygen atoms in total. The summed E-state index contributed by atoms with van der Waals surface area (Å²) in [4.78, 5) is 73.4. The smallest absolute Gasteiger partial charge is 0.326 e. The van der Waals surface area contributed by atoms with Crippen LogP contribution in [0.2, 0.25) is 0 Å². The molecule has 2 aromatic heterocycles. The van der Waals surface area contributed by atoms with Gasteiger partial charge in [-0.1, -0.05) is 20.3 Å². The third kappa shape index (κ3) is 7.95. The van der Waals surface area contributed by atoms with Crippen LogP contribution in [0.3, 0.4) is 0 Å². The number of aromatic amines is 2. The molecular weight excluding hydrogens is 617 g/mol. The molecule has 48 heavy (non-hydrogen) atoms. The Hall–Kier alpha value is -4.94. The Kier molecular flexibility index (Phi) is 11.0. The summed E-state index contributed by atoms with van der Waals surface area (Å²) in [6.07, 6.45) is 2.12. The van der Waals surface area contributed by atoms with Crippen molar-refractivity contribution in [3.8, 4) is 0 Å². The lowest BCUT2D eigenvalue weighted by Crippen LogP contribution is -2.50. The number of aromatic nitrogens is 3. The molecule has 0 aliphatic carbocycles. The Labute approximate surface area is 277 Å². The van der Waals surface area contributed by atoms with Crippen molar-refractivity contribution in [1.29, 1.82) is 0 Å². The van der Waals surface area contributed by atoms with E-state index in [-0.39, 0.29) is 54.6 Å². The second-order valence-corrected chi connectivity index (χ2v) is 12.6. The molecule has 2 atom stereocenters. The number of aryl methyl sites for hydroxylation is 2. The molecule has 256 valence electrons. The highest BCUT2D eigenvalue weighted by Crippen LogP contribution is 2.24. The van der Waals surface area contributed by atoms with Crippen molar-refractivity contribution in [2.45, 2.75) is 71.9 Å². The lowest BCUT2D eigenvalue weighted by Gasteiger charge is -2.25. The minimum Gasteiger partial charge on any atom is -0.358 e. The maximum absolute atomic E-state index is 14.1. The van der Waals surface area contributed by atoms with Crippen molar-refractivity contribution >= 4 is 45.6 Å². The zero-order valence-corrected chi connectivity index (χ0v) is 27.7. The quantitative estimate of drug-likeness (QED) is 0.227. The third-order valence-electron chi connectivity index (χ3n) is 9.19. The fourth-order valence-corrected chi connectivity index (χ4v) is 6.23. The SMILES string of the molecule is CC[C@H](C)[C@@H]1NC(=O)CCCN(C(=O)Cc2c(C)[nH]c3ccc(F)cc23)CCCNC(=O)c2ccc3[nH]c(=O)n(c3c2)CCCNC1=O. The first-order valence-corrected chi connectivity index (χ1v) is 16.7. The fraction of sp³-hybridized carbons (Fsp3) is 0.457. The molecule has 0 fully saturated rings. The van der Waals surface area contributed by atoms with E-state index in [2.05, 4.69) is 25.9 Å². The number of nitrogens with zero attached hydrogens (tertiary/aromatic N) is 2. The molecule has 3 heterocycles. The summed E-state index contributed by atoms with van der Waals surface area (Å²) < 4.78 is 15.6. The van der Waals surface area contributed by atoms with E-state index in [9.17, 15) is 28.4 Å². The summed E-state index contributed by atoms with van der Waals surface area (Å²) in [5.41, 5.74) is 3.50. The van der Waals surface area contributed by atoms with Crippen LogP contribution in [0.25, 0.3) is 21.9 Å². The number of halogens is 1. The highest BCUT2D eigenvalue weighted by atomic mass is 19.1. The predicted molar refractivity (Wildman–Crippen MR) is 181 cm³/mol. The van der Waals surface area contributed by atoms with E-state index < -0.39 is 11.9 Å². The predicted octanol–water partition coefficient (Wildman–Crippen LogP) is 3.28. The zero-order chi connectivity index (χ0) is 34.4. The van der Waals surface area contributed by atoms with Gasteiger partial charge in [-0.25, -0.2) is 9.18 Å². The first-order valence-electron chi connectivity index (χ1n) is 16.7. The minimum atomic E-state index is -0.727. The topological polar surface area (TPSA) is 161 Å². The standard InChI is InChI=1S/C35H44FN7O5/c1-4-21(2)32-34(47)38-14-7-17-43-29-18-23(9-11-28(29)40-35(43)48)33(46)37-13-6-16-42(15-5-8-30(44)41-32)31(45)20-25-22(3)39-27-12-10-24(36)19-26(25)27/h9-12,18-19,21,32,39H,4-8,13-17,20H2,1-3H3,(H,37,46)(H,38,47)(H,40,48)(H,41,44)/t21-,32-/m0/s1. The van der Waals surface area contributed by atoms with E-state index in [0.717, 1.165) is 11.2 Å². The first-order chi connectivity index (χ1) is 23.0. The van der Waals surface area contributed by atoms with Gasteiger partial charge in [0.15, 0.2) is 0 Å².